The largest absolute Gasteiger partial charge is 0.504 e. The van der Waals surface area contributed by atoms with Crippen molar-refractivity contribution >= 4 is 33.0 Å². The zero-order valence-corrected chi connectivity index (χ0v) is 12.3. The van der Waals surface area contributed by atoms with Gasteiger partial charge >= 0.3 is 5.69 Å². The second-order valence-electron chi connectivity index (χ2n) is 4.15. The van der Waals surface area contributed by atoms with Crippen LogP contribution in [-0.2, 0) is 10.0 Å². The molecule has 0 aromatic heterocycles. The van der Waals surface area contributed by atoms with Crippen molar-refractivity contribution in [1.82, 2.24) is 0 Å². The van der Waals surface area contributed by atoms with E-state index in [1.165, 1.54) is 18.2 Å². The SMILES string of the molecule is O=[N+]([O-])c1cc(S(=O)(=O)Nc2cccc(Cl)c2O)ccc1O. The van der Waals surface area contributed by atoms with Crippen LogP contribution in [0.25, 0.3) is 0 Å². The molecule has 0 aliphatic rings. The average molecular weight is 345 g/mol. The summed E-state index contributed by atoms with van der Waals surface area (Å²) >= 11 is 5.67. The zero-order chi connectivity index (χ0) is 16.5. The molecule has 2 aromatic carbocycles. The van der Waals surface area contributed by atoms with Gasteiger partial charge in [0.05, 0.1) is 20.5 Å². The fraction of sp³-hybridized carbons (Fsp3) is 0. The number of nitrogens with one attached hydrogen (secondary N) is 1. The Labute approximate surface area is 129 Å². The minimum atomic E-state index is -4.21. The molecule has 0 bridgehead atoms. The molecular formula is C12H9ClN2O6S. The number of phenolic OH excluding ortho intramolecular Hbond substituents is 2. The van der Waals surface area contributed by atoms with Gasteiger partial charge in [-0.3, -0.25) is 14.8 Å². The quantitative estimate of drug-likeness (QED) is 0.443. The minimum absolute atomic E-state index is 0.0584. The molecule has 0 saturated carbocycles. The highest BCUT2D eigenvalue weighted by molar-refractivity contribution is 7.92. The smallest absolute Gasteiger partial charge is 0.312 e. The number of rotatable bonds is 4. The molecule has 0 saturated heterocycles. The van der Waals surface area contributed by atoms with Crippen molar-refractivity contribution in [1.29, 1.82) is 0 Å². The first-order valence-corrected chi connectivity index (χ1v) is 7.56. The van der Waals surface area contributed by atoms with Crippen LogP contribution in [-0.4, -0.2) is 23.6 Å². The Morgan fingerprint density at radius 2 is 1.86 bits per heavy atom. The highest BCUT2D eigenvalue weighted by atomic mass is 35.5. The molecule has 0 aliphatic carbocycles. The van der Waals surface area contributed by atoms with E-state index in [2.05, 4.69) is 4.72 Å². The van der Waals surface area contributed by atoms with Crippen LogP contribution in [0, 0.1) is 10.1 Å². The number of hydrogen-bond acceptors (Lipinski definition) is 6. The van der Waals surface area contributed by atoms with E-state index in [0.29, 0.717) is 6.07 Å². The van der Waals surface area contributed by atoms with E-state index in [9.17, 15) is 28.7 Å². The van der Waals surface area contributed by atoms with Crippen LogP contribution >= 0.6 is 11.6 Å². The maximum Gasteiger partial charge on any atom is 0.312 e. The normalized spacial score (nSPS) is 11.1. The Hall–Kier alpha value is -2.52. The maximum atomic E-state index is 12.2. The number of para-hydroxylation sites is 1. The van der Waals surface area contributed by atoms with Gasteiger partial charge in [-0.25, -0.2) is 8.42 Å². The summed E-state index contributed by atoms with van der Waals surface area (Å²) in [6.07, 6.45) is 0. The number of phenols is 2. The van der Waals surface area contributed by atoms with Gasteiger partial charge in [-0.1, -0.05) is 17.7 Å². The molecule has 10 heteroatoms. The second kappa shape index (κ2) is 5.70. The number of benzene rings is 2. The number of hydrogen-bond donors (Lipinski definition) is 3. The van der Waals surface area contributed by atoms with E-state index in [1.807, 2.05) is 0 Å². The molecule has 0 unspecified atom stereocenters. The highest BCUT2D eigenvalue weighted by Gasteiger charge is 2.22. The lowest BCUT2D eigenvalue weighted by molar-refractivity contribution is -0.386. The number of nitro groups is 1. The van der Waals surface area contributed by atoms with Gasteiger partial charge in [-0.05, 0) is 24.3 Å². The van der Waals surface area contributed by atoms with Gasteiger partial charge in [0.1, 0.15) is 0 Å². The summed E-state index contributed by atoms with van der Waals surface area (Å²) in [7, 11) is -4.21. The van der Waals surface area contributed by atoms with Crippen molar-refractivity contribution in [2.75, 3.05) is 4.72 Å². The first-order valence-electron chi connectivity index (χ1n) is 5.70. The van der Waals surface area contributed by atoms with Crippen LogP contribution in [0.4, 0.5) is 11.4 Å². The number of aromatic hydroxyl groups is 2. The first-order chi connectivity index (χ1) is 10.2. The summed E-state index contributed by atoms with van der Waals surface area (Å²) in [6.45, 7) is 0. The van der Waals surface area contributed by atoms with Crippen molar-refractivity contribution < 1.29 is 23.6 Å². The van der Waals surface area contributed by atoms with Gasteiger partial charge in [0.15, 0.2) is 11.5 Å². The fourth-order valence-electron chi connectivity index (χ4n) is 1.62. The third-order valence-electron chi connectivity index (χ3n) is 2.68. The van der Waals surface area contributed by atoms with Gasteiger partial charge < -0.3 is 10.2 Å². The van der Waals surface area contributed by atoms with Crippen LogP contribution < -0.4 is 4.72 Å². The first kappa shape index (κ1) is 15.9. The monoisotopic (exact) mass is 344 g/mol. The molecule has 2 rings (SSSR count). The topological polar surface area (TPSA) is 130 Å². The fourth-order valence-corrected chi connectivity index (χ4v) is 2.88. The molecule has 0 spiro atoms. The number of halogens is 1. The molecule has 0 atom stereocenters. The number of nitro benzene ring substituents is 1. The molecule has 0 aliphatic heterocycles. The predicted molar refractivity (Wildman–Crippen MR) is 78.7 cm³/mol. The summed E-state index contributed by atoms with van der Waals surface area (Å²) in [5.41, 5.74) is -0.929. The third-order valence-corrected chi connectivity index (χ3v) is 4.35. The van der Waals surface area contributed by atoms with Crippen LogP contribution in [0.3, 0.4) is 0 Å². The van der Waals surface area contributed by atoms with E-state index < -0.39 is 37.0 Å². The van der Waals surface area contributed by atoms with E-state index in [4.69, 9.17) is 11.6 Å². The van der Waals surface area contributed by atoms with Gasteiger partial charge in [-0.2, -0.15) is 0 Å². The number of sulfonamides is 1. The molecule has 8 nitrogen and oxygen atoms in total. The van der Waals surface area contributed by atoms with Gasteiger partial charge in [0.25, 0.3) is 10.0 Å². The van der Waals surface area contributed by atoms with Crippen molar-refractivity contribution in [3.63, 3.8) is 0 Å². The van der Waals surface area contributed by atoms with Crippen molar-refractivity contribution in [3.8, 4) is 11.5 Å². The standard InChI is InChI=1S/C12H9ClN2O6S/c13-8-2-1-3-9(12(8)17)14-22(20,21)7-4-5-11(16)10(6-7)15(18)19/h1-6,14,16-17H. The molecule has 2 aromatic rings. The summed E-state index contributed by atoms with van der Waals surface area (Å²) in [6, 6.07) is 6.64. The Morgan fingerprint density at radius 1 is 1.18 bits per heavy atom. The zero-order valence-electron chi connectivity index (χ0n) is 10.7. The molecular weight excluding hydrogens is 336 g/mol. The molecule has 0 fully saturated rings. The second-order valence-corrected chi connectivity index (χ2v) is 6.24. The lowest BCUT2D eigenvalue weighted by Gasteiger charge is -2.10. The molecule has 0 heterocycles. The summed E-state index contributed by atoms with van der Waals surface area (Å²) < 4.78 is 26.4. The number of anilines is 1. The van der Waals surface area contributed by atoms with Gasteiger partial charge in [0.2, 0.25) is 0 Å². The maximum absolute atomic E-state index is 12.2. The predicted octanol–water partition coefficient (Wildman–Crippen LogP) is 2.46. The Balaban J connectivity index is 2.45. The molecule has 3 N–H and O–H groups in total. The van der Waals surface area contributed by atoms with Crippen LogP contribution in [0.2, 0.25) is 5.02 Å². The highest BCUT2D eigenvalue weighted by Crippen LogP contribution is 2.34. The minimum Gasteiger partial charge on any atom is -0.504 e. The molecule has 0 amide bonds. The van der Waals surface area contributed by atoms with Gasteiger partial charge in [-0.15, -0.1) is 0 Å². The average Bonchev–Trinajstić information content (AvgIpc) is 2.43. The Bertz CT molecular complexity index is 853. The van der Waals surface area contributed by atoms with Crippen molar-refractivity contribution in [2.24, 2.45) is 0 Å². The van der Waals surface area contributed by atoms with Crippen LogP contribution in [0.1, 0.15) is 0 Å². The lowest BCUT2D eigenvalue weighted by Crippen LogP contribution is -2.13. The summed E-state index contributed by atoms with van der Waals surface area (Å²) in [4.78, 5) is 9.37. The van der Waals surface area contributed by atoms with Crippen LogP contribution in [0.5, 0.6) is 11.5 Å². The van der Waals surface area contributed by atoms with E-state index in [0.717, 1.165) is 12.1 Å². The van der Waals surface area contributed by atoms with Crippen LogP contribution in [0.15, 0.2) is 41.3 Å². The van der Waals surface area contributed by atoms with E-state index in [1.54, 1.807) is 0 Å². The lowest BCUT2D eigenvalue weighted by atomic mass is 10.3. The Morgan fingerprint density at radius 3 is 2.50 bits per heavy atom. The van der Waals surface area contributed by atoms with Gasteiger partial charge in [0, 0.05) is 6.07 Å². The van der Waals surface area contributed by atoms with E-state index >= 15 is 0 Å². The third kappa shape index (κ3) is 3.05. The van der Waals surface area contributed by atoms with Crippen molar-refractivity contribution in [3.05, 3.63) is 51.5 Å². The summed E-state index contributed by atoms with van der Waals surface area (Å²) in [5.74, 6) is -1.13. The molecule has 0 radical (unpaired) electrons. The van der Waals surface area contributed by atoms with Crippen molar-refractivity contribution in [2.45, 2.75) is 4.90 Å². The van der Waals surface area contributed by atoms with E-state index in [-0.39, 0.29) is 10.7 Å². The molecule has 22 heavy (non-hydrogen) atoms. The number of nitrogens with zero attached hydrogens (tertiary/aromatic N) is 1. The Kier molecular flexibility index (Phi) is 4.11. The molecule has 116 valence electrons. The summed E-state index contributed by atoms with van der Waals surface area (Å²) in [5, 5.41) is 29.7.